The Labute approximate surface area is 175 Å². The Morgan fingerprint density at radius 3 is 2.48 bits per heavy atom. The van der Waals surface area contributed by atoms with Gasteiger partial charge in [-0.1, -0.05) is 30.7 Å². The van der Waals surface area contributed by atoms with Crippen molar-refractivity contribution in [1.29, 1.82) is 0 Å². The van der Waals surface area contributed by atoms with Crippen molar-refractivity contribution in [2.75, 3.05) is 33.5 Å². The van der Waals surface area contributed by atoms with Crippen molar-refractivity contribution < 1.29 is 8.95 Å². The van der Waals surface area contributed by atoms with Gasteiger partial charge in [-0.25, -0.2) is 13.9 Å². The summed E-state index contributed by atoms with van der Waals surface area (Å²) in [6.45, 7) is 3.22. The number of likely N-dealkylation sites (tertiary alicyclic amines) is 1. The van der Waals surface area contributed by atoms with Crippen LogP contribution >= 0.6 is 0 Å². The third-order valence-corrected chi connectivity index (χ3v) is 5.63. The monoisotopic (exact) mass is 414 g/mol. The highest BCUT2D eigenvalue weighted by atomic mass is 32.2. The van der Waals surface area contributed by atoms with Gasteiger partial charge in [-0.05, 0) is 50.2 Å². The Kier molecular flexibility index (Phi) is 7.80. The number of nitrogens with one attached hydrogen (secondary N) is 2. The molecule has 2 aromatic heterocycles. The molecule has 0 radical (unpaired) electrons. The summed E-state index contributed by atoms with van der Waals surface area (Å²) in [6.07, 6.45) is 9.56. The van der Waals surface area contributed by atoms with Gasteiger partial charge in [0.25, 0.3) is 0 Å². The Hall–Kier alpha value is -2.22. The van der Waals surface area contributed by atoms with Gasteiger partial charge in [0.1, 0.15) is 11.4 Å². The molecule has 7 heteroatoms. The molecule has 3 heterocycles. The van der Waals surface area contributed by atoms with Crippen LogP contribution in [-0.4, -0.2) is 52.6 Å². The van der Waals surface area contributed by atoms with E-state index in [2.05, 4.69) is 26.6 Å². The minimum Gasteiger partial charge on any atom is -0.496 e. The summed E-state index contributed by atoms with van der Waals surface area (Å²) in [7, 11) is 2.85. The number of aromatic amines is 1. The Morgan fingerprint density at radius 2 is 1.90 bits per heavy atom. The highest BCUT2D eigenvalue weighted by Gasteiger charge is 2.11. The number of fused-ring (bicyclic) bond motifs is 1. The van der Waals surface area contributed by atoms with Gasteiger partial charge in [0.05, 0.1) is 23.5 Å². The van der Waals surface area contributed by atoms with Crippen molar-refractivity contribution in [3.63, 3.8) is 0 Å². The second-order valence-corrected chi connectivity index (χ2v) is 8.47. The molecule has 0 bridgehead atoms. The molecule has 0 saturated carbocycles. The fourth-order valence-electron chi connectivity index (χ4n) is 3.46. The standard InChI is InChI=1S/C16H17N3O2S.C6H13N/c1-21-14-7-8-17-16-15(14)13(10-18-16)12-5-3-11(4-6-12)9-19-22(2)20;1-7-5-3-2-4-6-7/h3-8,10,19H,9H2,1-2H3,(H,17,18);2-6H2,1H3. The van der Waals surface area contributed by atoms with E-state index in [4.69, 9.17) is 4.74 Å². The van der Waals surface area contributed by atoms with Gasteiger partial charge in [0, 0.05) is 30.8 Å². The van der Waals surface area contributed by atoms with E-state index in [1.807, 2.05) is 36.5 Å². The minimum absolute atomic E-state index is 0.585. The molecule has 4 rings (SSSR count). The van der Waals surface area contributed by atoms with Crippen LogP contribution in [0.4, 0.5) is 0 Å². The molecule has 0 spiro atoms. The average molecular weight is 415 g/mol. The lowest BCUT2D eigenvalue weighted by Gasteiger charge is -2.20. The van der Waals surface area contributed by atoms with Crippen molar-refractivity contribution in [3.8, 4) is 16.9 Å². The van der Waals surface area contributed by atoms with E-state index in [0.29, 0.717) is 6.54 Å². The molecule has 6 nitrogen and oxygen atoms in total. The number of H-pyrrole nitrogens is 1. The lowest BCUT2D eigenvalue weighted by atomic mass is 10.0. The van der Waals surface area contributed by atoms with Crippen molar-refractivity contribution in [1.82, 2.24) is 19.6 Å². The van der Waals surface area contributed by atoms with Crippen LogP contribution < -0.4 is 9.46 Å². The van der Waals surface area contributed by atoms with Crippen LogP contribution in [0.15, 0.2) is 42.7 Å². The molecular formula is C22H30N4O2S. The van der Waals surface area contributed by atoms with Crippen molar-refractivity contribution in [3.05, 3.63) is 48.3 Å². The number of hydrogen-bond donors (Lipinski definition) is 2. The third kappa shape index (κ3) is 5.88. The predicted octanol–water partition coefficient (Wildman–Crippen LogP) is 3.72. The van der Waals surface area contributed by atoms with E-state index in [9.17, 15) is 4.21 Å². The predicted molar refractivity (Wildman–Crippen MR) is 120 cm³/mol. The minimum atomic E-state index is -1.00. The van der Waals surface area contributed by atoms with E-state index in [1.165, 1.54) is 32.4 Å². The molecule has 3 aromatic rings. The van der Waals surface area contributed by atoms with Crippen LogP contribution in [0, 0.1) is 0 Å². The Bertz CT molecular complexity index is 934. The van der Waals surface area contributed by atoms with Gasteiger partial charge >= 0.3 is 0 Å². The molecule has 1 fully saturated rings. The van der Waals surface area contributed by atoms with E-state index in [-0.39, 0.29) is 0 Å². The lowest BCUT2D eigenvalue weighted by molar-refractivity contribution is 0.277. The number of hydrogen-bond acceptors (Lipinski definition) is 4. The molecule has 0 aliphatic carbocycles. The second-order valence-electron chi connectivity index (χ2n) is 7.28. The zero-order valence-electron chi connectivity index (χ0n) is 17.4. The van der Waals surface area contributed by atoms with Gasteiger partial charge in [-0.3, -0.25) is 0 Å². The largest absolute Gasteiger partial charge is 0.496 e. The number of rotatable bonds is 5. The van der Waals surface area contributed by atoms with Gasteiger partial charge < -0.3 is 14.6 Å². The van der Waals surface area contributed by atoms with Crippen molar-refractivity contribution in [2.24, 2.45) is 0 Å². The summed E-state index contributed by atoms with van der Waals surface area (Å²) in [5.41, 5.74) is 4.03. The molecule has 29 heavy (non-hydrogen) atoms. The number of aromatic nitrogens is 2. The van der Waals surface area contributed by atoms with Crippen LogP contribution in [0.1, 0.15) is 24.8 Å². The first-order chi connectivity index (χ1) is 14.1. The molecule has 0 amide bonds. The molecule has 2 N–H and O–H groups in total. The first kappa shape index (κ1) is 21.5. The highest BCUT2D eigenvalue weighted by molar-refractivity contribution is 7.82. The number of piperidine rings is 1. The van der Waals surface area contributed by atoms with E-state index in [0.717, 1.165) is 33.5 Å². The van der Waals surface area contributed by atoms with Crippen LogP contribution in [0.25, 0.3) is 22.2 Å². The SMILES string of the molecule is CN1CCCCC1.COc1ccnc2[nH]cc(-c3ccc(CNS(C)=O)cc3)c12. The fourth-order valence-corrected chi connectivity index (χ4v) is 3.83. The quantitative estimate of drug-likeness (QED) is 0.668. The second kappa shape index (κ2) is 10.5. The van der Waals surface area contributed by atoms with E-state index < -0.39 is 11.0 Å². The summed E-state index contributed by atoms with van der Waals surface area (Å²) >= 11 is 0. The molecule has 1 aliphatic heterocycles. The third-order valence-electron chi connectivity index (χ3n) is 5.08. The zero-order chi connectivity index (χ0) is 20.6. The summed E-state index contributed by atoms with van der Waals surface area (Å²) < 4.78 is 19.4. The Balaban J connectivity index is 0.000000290. The maximum Gasteiger partial charge on any atom is 0.141 e. The molecule has 1 saturated heterocycles. The van der Waals surface area contributed by atoms with Gasteiger partial charge in [0.15, 0.2) is 0 Å². The lowest BCUT2D eigenvalue weighted by Crippen LogP contribution is -2.24. The van der Waals surface area contributed by atoms with Crippen LogP contribution in [0.2, 0.25) is 0 Å². The van der Waals surface area contributed by atoms with Crippen LogP contribution in [0.5, 0.6) is 5.75 Å². The molecule has 156 valence electrons. The number of pyridine rings is 1. The van der Waals surface area contributed by atoms with Crippen LogP contribution in [0.3, 0.4) is 0 Å². The number of ether oxygens (including phenoxy) is 1. The first-order valence-corrected chi connectivity index (χ1v) is 11.5. The summed E-state index contributed by atoms with van der Waals surface area (Å²) in [5.74, 6) is 0.799. The molecule has 1 aromatic carbocycles. The number of methoxy groups -OCH3 is 1. The van der Waals surface area contributed by atoms with E-state index >= 15 is 0 Å². The zero-order valence-corrected chi connectivity index (χ0v) is 18.2. The fraction of sp³-hybridized carbons (Fsp3) is 0.409. The Morgan fingerprint density at radius 1 is 1.17 bits per heavy atom. The number of benzene rings is 1. The van der Waals surface area contributed by atoms with Crippen molar-refractivity contribution >= 4 is 22.0 Å². The molecule has 1 atom stereocenters. The highest BCUT2D eigenvalue weighted by Crippen LogP contribution is 2.34. The number of nitrogens with zero attached hydrogens (tertiary/aromatic N) is 2. The van der Waals surface area contributed by atoms with Gasteiger partial charge in [-0.2, -0.15) is 0 Å². The van der Waals surface area contributed by atoms with Crippen molar-refractivity contribution in [2.45, 2.75) is 25.8 Å². The van der Waals surface area contributed by atoms with Gasteiger partial charge in [-0.15, -0.1) is 0 Å². The average Bonchev–Trinajstić information content (AvgIpc) is 3.18. The molecule has 1 aliphatic rings. The van der Waals surface area contributed by atoms with Gasteiger partial charge in [0.2, 0.25) is 0 Å². The summed E-state index contributed by atoms with van der Waals surface area (Å²) in [6, 6.07) is 10.00. The molecule has 1 unspecified atom stereocenters. The topological polar surface area (TPSA) is 70.2 Å². The summed E-state index contributed by atoms with van der Waals surface area (Å²) in [5, 5.41) is 0.977. The maximum atomic E-state index is 11.1. The maximum absolute atomic E-state index is 11.1. The summed E-state index contributed by atoms with van der Waals surface area (Å²) in [4.78, 5) is 9.89. The van der Waals surface area contributed by atoms with E-state index in [1.54, 1.807) is 19.6 Å². The smallest absolute Gasteiger partial charge is 0.141 e. The normalized spacial score (nSPS) is 15.6. The van der Waals surface area contributed by atoms with Crippen LogP contribution in [-0.2, 0) is 17.5 Å². The first-order valence-electron chi connectivity index (χ1n) is 9.93. The molecular weight excluding hydrogens is 384 g/mol.